The second-order valence-corrected chi connectivity index (χ2v) is 5.33. The summed E-state index contributed by atoms with van der Waals surface area (Å²) < 4.78 is 10.7. The fourth-order valence-electron chi connectivity index (χ4n) is 2.76. The Balaban J connectivity index is 1.71. The van der Waals surface area contributed by atoms with Crippen LogP contribution in [0, 0.1) is 12.8 Å². The van der Waals surface area contributed by atoms with E-state index in [2.05, 4.69) is 22.3 Å². The molecule has 2 unspecified atom stereocenters. The molecule has 108 valence electrons. The Hall–Kier alpha value is -1.69. The molecule has 0 aromatic carbocycles. The lowest BCUT2D eigenvalue weighted by Gasteiger charge is -2.33. The molecule has 0 spiro atoms. The highest BCUT2D eigenvalue weighted by molar-refractivity contribution is 5.77. The lowest BCUT2D eigenvalue weighted by molar-refractivity contribution is -0.142. The highest BCUT2D eigenvalue weighted by Crippen LogP contribution is 2.27. The number of morpholine rings is 1. The molecule has 0 bridgehead atoms. The highest BCUT2D eigenvalue weighted by atomic mass is 16.5. The van der Waals surface area contributed by atoms with Gasteiger partial charge in [-0.1, -0.05) is 17.3 Å². The average molecular weight is 277 g/mol. The summed E-state index contributed by atoms with van der Waals surface area (Å²) in [5, 5.41) is 3.80. The number of aromatic nitrogens is 2. The SMILES string of the molecule is Cc1noc(C2COCCN2C(=O)CC2C=CCC2)n1. The van der Waals surface area contributed by atoms with Gasteiger partial charge in [-0.2, -0.15) is 4.98 Å². The van der Waals surface area contributed by atoms with Gasteiger partial charge in [-0.05, 0) is 25.7 Å². The molecular formula is C14H19N3O3. The van der Waals surface area contributed by atoms with Crippen LogP contribution in [0.3, 0.4) is 0 Å². The summed E-state index contributed by atoms with van der Waals surface area (Å²) in [6, 6.07) is -0.247. The number of aryl methyl sites for hydroxylation is 1. The molecule has 1 aliphatic heterocycles. The zero-order chi connectivity index (χ0) is 13.9. The molecule has 6 heteroatoms. The topological polar surface area (TPSA) is 68.5 Å². The second-order valence-electron chi connectivity index (χ2n) is 5.33. The van der Waals surface area contributed by atoms with Crippen LogP contribution in [0.4, 0.5) is 0 Å². The molecule has 20 heavy (non-hydrogen) atoms. The van der Waals surface area contributed by atoms with Gasteiger partial charge < -0.3 is 14.2 Å². The van der Waals surface area contributed by atoms with E-state index in [-0.39, 0.29) is 11.9 Å². The molecule has 6 nitrogen and oxygen atoms in total. The molecule has 1 aliphatic carbocycles. The van der Waals surface area contributed by atoms with Crippen LogP contribution in [0.1, 0.15) is 37.0 Å². The number of amides is 1. The third-order valence-corrected chi connectivity index (χ3v) is 3.83. The molecule has 2 aliphatic rings. The summed E-state index contributed by atoms with van der Waals surface area (Å²) >= 11 is 0. The quantitative estimate of drug-likeness (QED) is 0.785. The maximum atomic E-state index is 12.5. The Labute approximate surface area is 117 Å². The molecule has 2 atom stereocenters. The number of ether oxygens (including phenoxy) is 1. The summed E-state index contributed by atoms with van der Waals surface area (Å²) in [7, 11) is 0. The van der Waals surface area contributed by atoms with Crippen molar-refractivity contribution in [3.8, 4) is 0 Å². The molecule has 1 aromatic heterocycles. The van der Waals surface area contributed by atoms with E-state index < -0.39 is 0 Å². The smallest absolute Gasteiger partial charge is 0.251 e. The van der Waals surface area contributed by atoms with Crippen LogP contribution in [0.25, 0.3) is 0 Å². The van der Waals surface area contributed by atoms with Crippen molar-refractivity contribution in [3.05, 3.63) is 23.9 Å². The number of hydrogen-bond acceptors (Lipinski definition) is 5. The molecule has 0 N–H and O–H groups in total. The molecule has 1 fully saturated rings. The second kappa shape index (κ2) is 5.75. The van der Waals surface area contributed by atoms with E-state index in [0.29, 0.717) is 43.8 Å². The molecule has 2 heterocycles. The van der Waals surface area contributed by atoms with E-state index in [1.807, 2.05) is 4.90 Å². The number of rotatable bonds is 3. The average Bonchev–Trinajstić information content (AvgIpc) is 3.10. The Kier molecular flexibility index (Phi) is 3.82. The Morgan fingerprint density at radius 2 is 2.45 bits per heavy atom. The van der Waals surface area contributed by atoms with Crippen molar-refractivity contribution in [3.63, 3.8) is 0 Å². The predicted octanol–water partition coefficient (Wildman–Crippen LogP) is 1.63. The van der Waals surface area contributed by atoms with Crippen LogP contribution in [-0.4, -0.2) is 40.7 Å². The summed E-state index contributed by atoms with van der Waals surface area (Å²) in [5.74, 6) is 1.57. The number of nitrogens with zero attached hydrogens (tertiary/aromatic N) is 3. The van der Waals surface area contributed by atoms with Crippen LogP contribution in [0.2, 0.25) is 0 Å². The van der Waals surface area contributed by atoms with Crippen molar-refractivity contribution in [2.45, 2.75) is 32.2 Å². The van der Waals surface area contributed by atoms with E-state index in [1.54, 1.807) is 6.92 Å². The fraction of sp³-hybridized carbons (Fsp3) is 0.643. The molecule has 1 aromatic rings. The standard InChI is InChI=1S/C14H19N3O3/c1-10-15-14(20-16-10)12-9-19-7-6-17(12)13(18)8-11-4-2-3-5-11/h2,4,11-12H,3,5-9H2,1H3. The van der Waals surface area contributed by atoms with Crippen LogP contribution in [0.15, 0.2) is 16.7 Å². The monoisotopic (exact) mass is 277 g/mol. The largest absolute Gasteiger partial charge is 0.377 e. The normalized spacial score (nSPS) is 26.1. The van der Waals surface area contributed by atoms with E-state index in [4.69, 9.17) is 9.26 Å². The van der Waals surface area contributed by atoms with Gasteiger partial charge in [0.05, 0.1) is 13.2 Å². The summed E-state index contributed by atoms with van der Waals surface area (Å²) in [6.07, 6.45) is 6.99. The summed E-state index contributed by atoms with van der Waals surface area (Å²) in [5.41, 5.74) is 0. The predicted molar refractivity (Wildman–Crippen MR) is 70.8 cm³/mol. The Morgan fingerprint density at radius 3 is 3.15 bits per heavy atom. The van der Waals surface area contributed by atoms with E-state index >= 15 is 0 Å². The first kappa shape index (κ1) is 13.3. The van der Waals surface area contributed by atoms with E-state index in [1.165, 1.54) is 0 Å². The van der Waals surface area contributed by atoms with Gasteiger partial charge in [0, 0.05) is 13.0 Å². The third kappa shape index (κ3) is 2.75. The van der Waals surface area contributed by atoms with E-state index in [0.717, 1.165) is 12.8 Å². The van der Waals surface area contributed by atoms with Gasteiger partial charge in [0.25, 0.3) is 5.89 Å². The van der Waals surface area contributed by atoms with Crippen molar-refractivity contribution >= 4 is 5.91 Å². The number of carbonyl (C=O) groups excluding carboxylic acids is 1. The minimum absolute atomic E-state index is 0.144. The lowest BCUT2D eigenvalue weighted by Crippen LogP contribution is -2.44. The van der Waals surface area contributed by atoms with E-state index in [9.17, 15) is 4.79 Å². The van der Waals surface area contributed by atoms with Crippen molar-refractivity contribution in [2.24, 2.45) is 5.92 Å². The first-order valence-corrected chi connectivity index (χ1v) is 7.08. The van der Waals surface area contributed by atoms with Gasteiger partial charge in [-0.25, -0.2) is 0 Å². The Bertz CT molecular complexity index is 512. The van der Waals surface area contributed by atoms with Crippen LogP contribution < -0.4 is 0 Å². The van der Waals surface area contributed by atoms with Crippen molar-refractivity contribution < 1.29 is 14.1 Å². The van der Waals surface area contributed by atoms with Gasteiger partial charge >= 0.3 is 0 Å². The first-order valence-electron chi connectivity index (χ1n) is 7.08. The number of hydrogen-bond donors (Lipinski definition) is 0. The number of carbonyl (C=O) groups is 1. The highest BCUT2D eigenvalue weighted by Gasteiger charge is 2.33. The zero-order valence-corrected chi connectivity index (χ0v) is 11.6. The fourth-order valence-corrected chi connectivity index (χ4v) is 2.76. The first-order chi connectivity index (χ1) is 9.74. The van der Waals surface area contributed by atoms with Crippen molar-refractivity contribution in [1.29, 1.82) is 0 Å². The van der Waals surface area contributed by atoms with Gasteiger partial charge in [0.15, 0.2) is 5.82 Å². The van der Waals surface area contributed by atoms with Gasteiger partial charge in [-0.15, -0.1) is 0 Å². The van der Waals surface area contributed by atoms with Crippen molar-refractivity contribution in [1.82, 2.24) is 15.0 Å². The molecule has 3 rings (SSSR count). The third-order valence-electron chi connectivity index (χ3n) is 3.83. The van der Waals surface area contributed by atoms with Crippen LogP contribution in [-0.2, 0) is 9.53 Å². The van der Waals surface area contributed by atoms with Crippen molar-refractivity contribution in [2.75, 3.05) is 19.8 Å². The molecular weight excluding hydrogens is 258 g/mol. The van der Waals surface area contributed by atoms with Crippen LogP contribution in [0.5, 0.6) is 0 Å². The number of allylic oxidation sites excluding steroid dienone is 2. The molecule has 0 radical (unpaired) electrons. The lowest BCUT2D eigenvalue weighted by atomic mass is 10.0. The molecule has 1 saturated heterocycles. The Morgan fingerprint density at radius 1 is 1.55 bits per heavy atom. The minimum atomic E-state index is -0.247. The van der Waals surface area contributed by atoms with Crippen LogP contribution >= 0.6 is 0 Å². The molecule has 1 amide bonds. The molecule has 0 saturated carbocycles. The van der Waals surface area contributed by atoms with Gasteiger partial charge in [0.1, 0.15) is 6.04 Å². The zero-order valence-electron chi connectivity index (χ0n) is 11.6. The summed E-state index contributed by atoms with van der Waals surface area (Å²) in [6.45, 7) is 3.34. The maximum absolute atomic E-state index is 12.5. The minimum Gasteiger partial charge on any atom is -0.377 e. The van der Waals surface area contributed by atoms with Gasteiger partial charge in [0.2, 0.25) is 5.91 Å². The maximum Gasteiger partial charge on any atom is 0.251 e. The van der Waals surface area contributed by atoms with Gasteiger partial charge in [-0.3, -0.25) is 4.79 Å². The summed E-state index contributed by atoms with van der Waals surface area (Å²) in [4.78, 5) is 18.5.